The van der Waals surface area contributed by atoms with Gasteiger partial charge >= 0.3 is 0 Å². The van der Waals surface area contributed by atoms with Crippen LogP contribution in [0.2, 0.25) is 0 Å². The number of rotatable bonds is 4. The third kappa shape index (κ3) is 3.68. The molecule has 1 aromatic heterocycles. The van der Waals surface area contributed by atoms with E-state index in [1.807, 2.05) is 43.3 Å². The van der Waals surface area contributed by atoms with Crippen molar-refractivity contribution in [3.8, 4) is 0 Å². The number of hydrogen-bond acceptors (Lipinski definition) is 3. The summed E-state index contributed by atoms with van der Waals surface area (Å²) >= 11 is 3.36. The van der Waals surface area contributed by atoms with Gasteiger partial charge in [0, 0.05) is 4.47 Å². The summed E-state index contributed by atoms with van der Waals surface area (Å²) in [5.74, 6) is -0.237. The summed E-state index contributed by atoms with van der Waals surface area (Å²) in [4.78, 5) is 29.4. The van der Waals surface area contributed by atoms with Crippen molar-refractivity contribution in [1.82, 2.24) is 14.9 Å². The van der Waals surface area contributed by atoms with E-state index in [0.717, 1.165) is 20.8 Å². The number of carbonyl (C=O) groups excluding carboxylic acids is 1. The molecule has 0 spiro atoms. The average Bonchev–Trinajstić information content (AvgIpc) is 2.70. The van der Waals surface area contributed by atoms with Gasteiger partial charge in [0.05, 0.1) is 23.3 Å². The summed E-state index contributed by atoms with van der Waals surface area (Å²) < 4.78 is 2.13. The van der Waals surface area contributed by atoms with Gasteiger partial charge in [-0.2, -0.15) is 0 Å². The maximum atomic E-state index is 12.6. The monoisotopic (exact) mass is 435 g/mol. The quantitative estimate of drug-likeness (QED) is 0.522. The number of amides is 1. The number of hydrogen-bond donors (Lipinski definition) is 1. The Labute approximate surface area is 170 Å². The highest BCUT2D eigenvalue weighted by atomic mass is 79.9. The minimum absolute atomic E-state index is 0.0772. The zero-order valence-corrected chi connectivity index (χ0v) is 16.8. The smallest absolute Gasteiger partial charge is 0.261 e. The van der Waals surface area contributed by atoms with Gasteiger partial charge in [-0.25, -0.2) is 4.98 Å². The molecular formula is C22H18BrN3O2. The van der Waals surface area contributed by atoms with E-state index in [0.29, 0.717) is 10.9 Å². The zero-order valence-electron chi connectivity index (χ0n) is 15.2. The molecule has 0 aliphatic carbocycles. The third-order valence-corrected chi connectivity index (χ3v) is 5.24. The van der Waals surface area contributed by atoms with Gasteiger partial charge in [-0.15, -0.1) is 0 Å². The highest BCUT2D eigenvalue weighted by Crippen LogP contribution is 2.20. The van der Waals surface area contributed by atoms with Crippen molar-refractivity contribution in [3.63, 3.8) is 0 Å². The Hall–Kier alpha value is -2.99. The maximum Gasteiger partial charge on any atom is 0.261 e. The molecule has 1 unspecified atom stereocenters. The summed E-state index contributed by atoms with van der Waals surface area (Å²) in [5, 5.41) is 5.72. The van der Waals surface area contributed by atoms with Crippen molar-refractivity contribution in [2.24, 2.45) is 0 Å². The van der Waals surface area contributed by atoms with Crippen LogP contribution in [0.3, 0.4) is 0 Å². The molecule has 0 saturated heterocycles. The number of benzene rings is 3. The van der Waals surface area contributed by atoms with E-state index in [-0.39, 0.29) is 24.1 Å². The van der Waals surface area contributed by atoms with E-state index in [4.69, 9.17) is 0 Å². The minimum atomic E-state index is -0.237. The first-order valence-electron chi connectivity index (χ1n) is 8.94. The summed E-state index contributed by atoms with van der Waals surface area (Å²) in [5.41, 5.74) is 1.38. The molecular weight excluding hydrogens is 418 g/mol. The molecule has 3 aromatic carbocycles. The highest BCUT2D eigenvalue weighted by molar-refractivity contribution is 9.10. The number of halogens is 1. The van der Waals surface area contributed by atoms with Gasteiger partial charge in [-0.1, -0.05) is 52.3 Å². The standard InChI is InChI=1S/C22H18BrN3O2/c1-14(16-7-6-15-4-2-3-5-17(15)10-16)25-21(27)12-26-13-24-20-9-8-18(23)11-19(20)22(26)28/h2-11,13-14H,12H2,1H3,(H,25,27). The lowest BCUT2D eigenvalue weighted by atomic mass is 10.0. The second-order valence-corrected chi connectivity index (χ2v) is 7.65. The first kappa shape index (κ1) is 18.4. The fraction of sp³-hybridized carbons (Fsp3) is 0.136. The molecule has 1 heterocycles. The second-order valence-electron chi connectivity index (χ2n) is 6.73. The Kier molecular flexibility index (Phi) is 4.96. The lowest BCUT2D eigenvalue weighted by Crippen LogP contribution is -2.34. The van der Waals surface area contributed by atoms with E-state index >= 15 is 0 Å². The number of carbonyl (C=O) groups is 1. The minimum Gasteiger partial charge on any atom is -0.348 e. The van der Waals surface area contributed by atoms with Crippen LogP contribution in [-0.2, 0) is 11.3 Å². The lowest BCUT2D eigenvalue weighted by Gasteiger charge is -2.16. The Balaban J connectivity index is 1.52. The van der Waals surface area contributed by atoms with Crippen molar-refractivity contribution in [3.05, 3.63) is 87.4 Å². The fourth-order valence-electron chi connectivity index (χ4n) is 3.25. The number of fused-ring (bicyclic) bond motifs is 2. The van der Waals surface area contributed by atoms with Crippen LogP contribution in [-0.4, -0.2) is 15.5 Å². The molecule has 0 aliphatic rings. The second kappa shape index (κ2) is 7.56. The van der Waals surface area contributed by atoms with E-state index in [1.165, 1.54) is 10.9 Å². The van der Waals surface area contributed by atoms with Crippen LogP contribution in [0, 0.1) is 0 Å². The van der Waals surface area contributed by atoms with Crippen LogP contribution in [0.25, 0.3) is 21.7 Å². The summed E-state index contributed by atoms with van der Waals surface area (Å²) in [6.07, 6.45) is 1.42. The van der Waals surface area contributed by atoms with E-state index in [1.54, 1.807) is 12.1 Å². The first-order valence-corrected chi connectivity index (χ1v) is 9.73. The molecule has 0 aliphatic heterocycles. The molecule has 0 fully saturated rings. The van der Waals surface area contributed by atoms with E-state index < -0.39 is 0 Å². The van der Waals surface area contributed by atoms with Crippen molar-refractivity contribution < 1.29 is 4.79 Å². The Bertz CT molecular complexity index is 1250. The average molecular weight is 436 g/mol. The summed E-state index contributed by atoms with van der Waals surface area (Å²) in [7, 11) is 0. The molecule has 28 heavy (non-hydrogen) atoms. The van der Waals surface area contributed by atoms with Gasteiger partial charge in [0.25, 0.3) is 5.56 Å². The lowest BCUT2D eigenvalue weighted by molar-refractivity contribution is -0.122. The number of nitrogens with zero attached hydrogens (tertiary/aromatic N) is 2. The van der Waals surface area contributed by atoms with Crippen LogP contribution >= 0.6 is 15.9 Å². The predicted molar refractivity (Wildman–Crippen MR) is 114 cm³/mol. The highest BCUT2D eigenvalue weighted by Gasteiger charge is 2.13. The fourth-order valence-corrected chi connectivity index (χ4v) is 3.61. The summed E-state index contributed by atoms with van der Waals surface area (Å²) in [6.45, 7) is 1.85. The third-order valence-electron chi connectivity index (χ3n) is 4.75. The Morgan fingerprint density at radius 1 is 1.11 bits per heavy atom. The first-order chi connectivity index (χ1) is 13.5. The predicted octanol–water partition coefficient (Wildman–Crippen LogP) is 4.19. The summed E-state index contributed by atoms with van der Waals surface area (Å²) in [6, 6.07) is 19.4. The van der Waals surface area contributed by atoms with Crippen LogP contribution in [0.15, 0.2) is 76.3 Å². The van der Waals surface area contributed by atoms with Gasteiger partial charge in [-0.3, -0.25) is 14.2 Å². The molecule has 140 valence electrons. The molecule has 4 rings (SSSR count). The Morgan fingerprint density at radius 3 is 2.71 bits per heavy atom. The molecule has 1 amide bonds. The molecule has 0 radical (unpaired) electrons. The van der Waals surface area contributed by atoms with Gasteiger partial charge < -0.3 is 5.32 Å². The topological polar surface area (TPSA) is 64.0 Å². The van der Waals surface area contributed by atoms with Gasteiger partial charge in [0.1, 0.15) is 6.54 Å². The molecule has 0 bridgehead atoms. The molecule has 1 atom stereocenters. The van der Waals surface area contributed by atoms with Crippen LogP contribution in [0.1, 0.15) is 18.5 Å². The van der Waals surface area contributed by atoms with Crippen molar-refractivity contribution in [2.75, 3.05) is 0 Å². The molecule has 6 heteroatoms. The molecule has 5 nitrogen and oxygen atoms in total. The number of nitrogens with one attached hydrogen (secondary N) is 1. The van der Waals surface area contributed by atoms with Crippen molar-refractivity contribution in [2.45, 2.75) is 19.5 Å². The van der Waals surface area contributed by atoms with Crippen molar-refractivity contribution in [1.29, 1.82) is 0 Å². The Morgan fingerprint density at radius 2 is 1.89 bits per heavy atom. The van der Waals surface area contributed by atoms with Crippen LogP contribution in [0.5, 0.6) is 0 Å². The zero-order chi connectivity index (χ0) is 19.7. The normalized spacial score (nSPS) is 12.2. The number of aromatic nitrogens is 2. The molecule has 0 saturated carbocycles. The molecule has 1 N–H and O–H groups in total. The van der Waals surface area contributed by atoms with Crippen molar-refractivity contribution >= 4 is 43.5 Å². The van der Waals surface area contributed by atoms with Crippen LogP contribution in [0.4, 0.5) is 0 Å². The van der Waals surface area contributed by atoms with Gasteiger partial charge in [-0.05, 0) is 47.5 Å². The van der Waals surface area contributed by atoms with E-state index in [2.05, 4.69) is 38.4 Å². The SMILES string of the molecule is CC(NC(=O)Cn1cnc2ccc(Br)cc2c1=O)c1ccc2ccccc2c1. The van der Waals surface area contributed by atoms with Gasteiger partial charge in [0.15, 0.2) is 0 Å². The molecule has 4 aromatic rings. The maximum absolute atomic E-state index is 12.6. The van der Waals surface area contributed by atoms with E-state index in [9.17, 15) is 9.59 Å². The van der Waals surface area contributed by atoms with Gasteiger partial charge in [0.2, 0.25) is 5.91 Å². The van der Waals surface area contributed by atoms with Crippen LogP contribution < -0.4 is 10.9 Å². The largest absolute Gasteiger partial charge is 0.348 e.